The molecule has 24 heavy (non-hydrogen) atoms. The normalized spacial score (nSPS) is 24.2. The zero-order valence-electron chi connectivity index (χ0n) is 14.4. The molecule has 1 aromatic rings. The van der Waals surface area contributed by atoms with E-state index in [0.29, 0.717) is 6.54 Å². The molecule has 0 bridgehead atoms. The monoisotopic (exact) mass is 328 g/mol. The summed E-state index contributed by atoms with van der Waals surface area (Å²) in [6.45, 7) is 7.52. The fourth-order valence-corrected chi connectivity index (χ4v) is 4.02. The van der Waals surface area contributed by atoms with Crippen LogP contribution in [0.1, 0.15) is 42.5 Å². The maximum atomic E-state index is 12.8. The zero-order chi connectivity index (χ0) is 17.0. The van der Waals surface area contributed by atoms with Gasteiger partial charge in [-0.2, -0.15) is 0 Å². The number of carbonyl (C=O) groups is 1. The van der Waals surface area contributed by atoms with Gasteiger partial charge >= 0.3 is 0 Å². The molecule has 1 atom stereocenters. The van der Waals surface area contributed by atoms with Crippen LogP contribution < -0.4 is 4.90 Å². The van der Waals surface area contributed by atoms with Crippen molar-refractivity contribution in [2.45, 2.75) is 32.1 Å². The molecule has 130 valence electrons. The minimum atomic E-state index is -0.217. The van der Waals surface area contributed by atoms with E-state index in [1.165, 1.54) is 18.5 Å². The van der Waals surface area contributed by atoms with Gasteiger partial charge in [0.05, 0.1) is 6.61 Å². The van der Waals surface area contributed by atoms with Crippen LogP contribution in [0.5, 0.6) is 0 Å². The third-order valence-electron chi connectivity index (χ3n) is 5.45. The zero-order valence-corrected chi connectivity index (χ0v) is 14.4. The Morgan fingerprint density at radius 3 is 2.50 bits per heavy atom. The van der Waals surface area contributed by atoms with Crippen LogP contribution in [0.4, 0.5) is 5.69 Å². The first-order valence-corrected chi connectivity index (χ1v) is 9.03. The number of nitrogens with zero attached hydrogens (tertiary/aromatic N) is 2. The van der Waals surface area contributed by atoms with Crippen molar-refractivity contribution in [1.82, 2.24) is 4.90 Å². The van der Waals surface area contributed by atoms with E-state index in [4.69, 9.17) is 0 Å². The van der Waals surface area contributed by atoms with Crippen LogP contribution in [0.15, 0.2) is 36.9 Å². The molecule has 4 heteroatoms. The highest BCUT2D eigenvalue weighted by Crippen LogP contribution is 2.34. The summed E-state index contributed by atoms with van der Waals surface area (Å²) in [5, 5.41) is 9.81. The first-order chi connectivity index (χ1) is 11.7. The summed E-state index contributed by atoms with van der Waals surface area (Å²) < 4.78 is 0. The largest absolute Gasteiger partial charge is 0.396 e. The molecular formula is C20H28N2O2. The van der Waals surface area contributed by atoms with E-state index in [-0.39, 0.29) is 17.9 Å². The molecule has 0 saturated carbocycles. The fraction of sp³-hybridized carbons (Fsp3) is 0.550. The number of rotatable bonds is 5. The molecule has 0 radical (unpaired) electrons. The minimum Gasteiger partial charge on any atom is -0.396 e. The van der Waals surface area contributed by atoms with Crippen molar-refractivity contribution in [2.75, 3.05) is 37.7 Å². The molecule has 1 aromatic carbocycles. The Balaban J connectivity index is 1.70. The summed E-state index contributed by atoms with van der Waals surface area (Å²) in [4.78, 5) is 17.1. The number of hydrogen-bond acceptors (Lipinski definition) is 3. The molecule has 1 N–H and O–H groups in total. The van der Waals surface area contributed by atoms with Gasteiger partial charge in [-0.15, -0.1) is 6.58 Å². The van der Waals surface area contributed by atoms with E-state index in [1.54, 1.807) is 0 Å². The van der Waals surface area contributed by atoms with Gasteiger partial charge in [0.15, 0.2) is 0 Å². The van der Waals surface area contributed by atoms with Crippen molar-refractivity contribution >= 4 is 11.6 Å². The molecule has 2 saturated heterocycles. The number of allylic oxidation sites excluding steroid dienone is 1. The van der Waals surface area contributed by atoms with Crippen molar-refractivity contribution in [3.8, 4) is 0 Å². The minimum absolute atomic E-state index is 0.0737. The van der Waals surface area contributed by atoms with E-state index < -0.39 is 0 Å². The van der Waals surface area contributed by atoms with Gasteiger partial charge in [0.1, 0.15) is 0 Å². The number of aliphatic hydroxyl groups excluding tert-OH is 1. The van der Waals surface area contributed by atoms with Gasteiger partial charge < -0.3 is 14.9 Å². The number of piperidine rings is 1. The number of likely N-dealkylation sites (tertiary alicyclic amines) is 1. The molecule has 2 fully saturated rings. The molecule has 2 aliphatic heterocycles. The number of amides is 1. The van der Waals surface area contributed by atoms with E-state index in [9.17, 15) is 9.90 Å². The Kier molecular flexibility index (Phi) is 5.24. The Hall–Kier alpha value is -1.81. The van der Waals surface area contributed by atoms with Crippen molar-refractivity contribution in [3.05, 3.63) is 42.5 Å². The molecule has 1 amide bonds. The van der Waals surface area contributed by atoms with Gasteiger partial charge in [0.2, 0.25) is 0 Å². The van der Waals surface area contributed by atoms with Gasteiger partial charge in [-0.05, 0) is 56.4 Å². The van der Waals surface area contributed by atoms with Gasteiger partial charge in [0, 0.05) is 42.8 Å². The highest BCUT2D eigenvalue weighted by molar-refractivity contribution is 5.94. The summed E-state index contributed by atoms with van der Waals surface area (Å²) in [5.41, 5.74) is 1.73. The van der Waals surface area contributed by atoms with Gasteiger partial charge in [-0.3, -0.25) is 4.79 Å². The molecule has 4 nitrogen and oxygen atoms in total. The quantitative estimate of drug-likeness (QED) is 0.845. The topological polar surface area (TPSA) is 43.8 Å². The Labute approximate surface area is 144 Å². The lowest BCUT2D eigenvalue weighted by molar-refractivity contribution is 0.0285. The molecular weight excluding hydrogens is 300 g/mol. The van der Waals surface area contributed by atoms with Crippen LogP contribution in [0.3, 0.4) is 0 Å². The first-order valence-electron chi connectivity index (χ1n) is 9.03. The summed E-state index contributed by atoms with van der Waals surface area (Å²) in [6, 6.07) is 8.01. The maximum absolute atomic E-state index is 12.8. The lowest BCUT2D eigenvalue weighted by Crippen LogP contribution is -2.47. The van der Waals surface area contributed by atoms with E-state index in [0.717, 1.165) is 44.5 Å². The van der Waals surface area contributed by atoms with Gasteiger partial charge in [-0.25, -0.2) is 0 Å². The first kappa shape index (κ1) is 17.0. The average molecular weight is 328 g/mol. The third kappa shape index (κ3) is 3.48. The van der Waals surface area contributed by atoms with Crippen LogP contribution in [-0.4, -0.2) is 48.7 Å². The van der Waals surface area contributed by atoms with Crippen molar-refractivity contribution in [3.63, 3.8) is 0 Å². The molecule has 0 spiro atoms. The predicted octanol–water partition coefficient (Wildman–Crippen LogP) is 3.08. The molecule has 2 aliphatic rings. The Morgan fingerprint density at radius 2 is 1.88 bits per heavy atom. The lowest BCUT2D eigenvalue weighted by atomic mass is 9.77. The molecule has 2 heterocycles. The second-order valence-corrected chi connectivity index (χ2v) is 7.22. The predicted molar refractivity (Wildman–Crippen MR) is 97.4 cm³/mol. The van der Waals surface area contributed by atoms with Gasteiger partial charge in [0.25, 0.3) is 5.91 Å². The summed E-state index contributed by atoms with van der Waals surface area (Å²) >= 11 is 0. The average Bonchev–Trinajstić information content (AvgIpc) is 3.16. The van der Waals surface area contributed by atoms with Crippen molar-refractivity contribution in [2.24, 2.45) is 5.41 Å². The maximum Gasteiger partial charge on any atom is 0.253 e. The van der Waals surface area contributed by atoms with Crippen LogP contribution in [0, 0.1) is 5.41 Å². The van der Waals surface area contributed by atoms with Crippen LogP contribution in [0.25, 0.3) is 0 Å². The molecule has 0 aromatic heterocycles. The molecule has 0 aliphatic carbocycles. The molecule has 1 unspecified atom stereocenters. The number of benzene rings is 1. The van der Waals surface area contributed by atoms with E-state index >= 15 is 0 Å². The van der Waals surface area contributed by atoms with E-state index in [2.05, 4.69) is 23.6 Å². The van der Waals surface area contributed by atoms with E-state index in [1.807, 2.05) is 23.1 Å². The Bertz CT molecular complexity index is 578. The lowest BCUT2D eigenvalue weighted by Gasteiger charge is -2.41. The summed E-state index contributed by atoms with van der Waals surface area (Å²) in [7, 11) is 0. The standard InChI is InChI=1S/C20H28N2O2/c1-2-10-20(16-23)11-5-14-22(15-20)19(24)17-6-8-18(9-7-17)21-12-3-4-13-21/h2,6-9,23H,1,3-5,10-16H2. The Morgan fingerprint density at radius 1 is 1.17 bits per heavy atom. The SMILES string of the molecule is C=CCC1(CO)CCCN(C(=O)c2ccc(N3CCCC3)cc2)C1. The summed E-state index contributed by atoms with van der Waals surface area (Å²) in [5.74, 6) is 0.0737. The highest BCUT2D eigenvalue weighted by atomic mass is 16.3. The van der Waals surface area contributed by atoms with Crippen LogP contribution in [-0.2, 0) is 0 Å². The second-order valence-electron chi connectivity index (χ2n) is 7.22. The van der Waals surface area contributed by atoms with Crippen LogP contribution >= 0.6 is 0 Å². The van der Waals surface area contributed by atoms with Crippen LogP contribution in [0.2, 0.25) is 0 Å². The fourth-order valence-electron chi connectivity index (χ4n) is 4.02. The smallest absolute Gasteiger partial charge is 0.253 e. The third-order valence-corrected chi connectivity index (χ3v) is 5.45. The highest BCUT2D eigenvalue weighted by Gasteiger charge is 2.35. The summed E-state index contributed by atoms with van der Waals surface area (Å²) in [6.07, 6.45) is 7.00. The van der Waals surface area contributed by atoms with Gasteiger partial charge in [-0.1, -0.05) is 6.08 Å². The van der Waals surface area contributed by atoms with Crippen molar-refractivity contribution in [1.29, 1.82) is 0 Å². The second kappa shape index (κ2) is 7.39. The number of carbonyl (C=O) groups excluding carboxylic acids is 1. The van der Waals surface area contributed by atoms with Crippen molar-refractivity contribution < 1.29 is 9.90 Å². The number of hydrogen-bond donors (Lipinski definition) is 1. The molecule has 3 rings (SSSR count). The number of aliphatic hydroxyl groups is 1. The number of anilines is 1.